The number of nitrogen functional groups attached to an aromatic ring is 1. The van der Waals surface area contributed by atoms with Crippen molar-refractivity contribution in [1.82, 2.24) is 5.06 Å². The van der Waals surface area contributed by atoms with Crippen molar-refractivity contribution in [3.05, 3.63) is 41.2 Å². The van der Waals surface area contributed by atoms with E-state index in [1.165, 1.54) is 6.07 Å². The largest absolute Gasteiger partial charge is 0.449 e. The second-order valence-electron chi connectivity index (χ2n) is 5.48. The molecule has 0 unspecified atom stereocenters. The first kappa shape index (κ1) is 18.5. The van der Waals surface area contributed by atoms with Gasteiger partial charge in [0, 0.05) is 11.6 Å². The third-order valence-electron chi connectivity index (χ3n) is 3.23. The summed E-state index contributed by atoms with van der Waals surface area (Å²) >= 11 is 0. The predicted molar refractivity (Wildman–Crippen MR) is 92.0 cm³/mol. The molecule has 0 aliphatic heterocycles. The van der Waals surface area contributed by atoms with Gasteiger partial charge in [0.05, 0.1) is 11.9 Å². The maximum atomic E-state index is 12.4. The van der Waals surface area contributed by atoms with Crippen LogP contribution in [0.15, 0.2) is 28.7 Å². The molecule has 0 atom stereocenters. The summed E-state index contributed by atoms with van der Waals surface area (Å²) in [5, 5.41) is 7.42. The molecule has 0 aliphatic rings. The van der Waals surface area contributed by atoms with E-state index in [0.29, 0.717) is 12.0 Å². The molecule has 1 amide bonds. The first-order valence-corrected chi connectivity index (χ1v) is 8.86. The van der Waals surface area contributed by atoms with Crippen LogP contribution in [0.25, 0.3) is 11.3 Å². The molecule has 2 aromatic rings. The fourth-order valence-corrected chi connectivity index (χ4v) is 2.54. The monoisotopic (exact) mass is 366 g/mol. The van der Waals surface area contributed by atoms with Crippen molar-refractivity contribution in [2.75, 3.05) is 12.0 Å². The fourth-order valence-electron chi connectivity index (χ4n) is 2.12. The molecule has 0 spiro atoms. The van der Waals surface area contributed by atoms with Crippen molar-refractivity contribution in [3.63, 3.8) is 0 Å². The van der Waals surface area contributed by atoms with Gasteiger partial charge in [-0.15, -0.1) is 9.35 Å². The van der Waals surface area contributed by atoms with Gasteiger partial charge in [-0.25, -0.2) is 0 Å². The average molecular weight is 366 g/mol. The number of aryl methyl sites for hydroxylation is 2. The summed E-state index contributed by atoms with van der Waals surface area (Å²) in [6, 6.07) is 7.11. The number of rotatable bonds is 4. The number of furan rings is 1. The van der Waals surface area contributed by atoms with E-state index < -0.39 is 22.0 Å². The third-order valence-corrected chi connectivity index (χ3v) is 3.65. The molecule has 1 aromatic carbocycles. The predicted octanol–water partition coefficient (Wildman–Crippen LogP) is 1.37. The lowest BCUT2D eigenvalue weighted by Crippen LogP contribution is -2.42. The van der Waals surface area contributed by atoms with Crippen molar-refractivity contribution in [2.24, 2.45) is 5.73 Å². The molecule has 25 heavy (non-hydrogen) atoms. The highest BCUT2D eigenvalue weighted by atomic mass is 32.2. The van der Waals surface area contributed by atoms with Crippen LogP contribution in [-0.4, -0.2) is 31.6 Å². The molecular weight excluding hydrogens is 348 g/mol. The lowest BCUT2D eigenvalue weighted by atomic mass is 10.0. The Balaban J connectivity index is 2.46. The minimum atomic E-state index is -4.09. The molecule has 5 N–H and O–H groups in total. The number of hydroxylamine groups is 2. The molecule has 9 nitrogen and oxygen atoms in total. The Labute approximate surface area is 144 Å². The van der Waals surface area contributed by atoms with E-state index >= 15 is 0 Å². The van der Waals surface area contributed by atoms with Crippen molar-refractivity contribution in [2.45, 2.75) is 13.8 Å². The molecule has 10 heteroatoms. The van der Waals surface area contributed by atoms with Crippen LogP contribution in [0.1, 0.15) is 21.7 Å². The first-order valence-electron chi connectivity index (χ1n) is 7.04. The molecule has 1 heterocycles. The number of guanidine groups is 1. The summed E-state index contributed by atoms with van der Waals surface area (Å²) in [5.74, 6) is -2.09. The highest BCUT2D eigenvalue weighted by molar-refractivity contribution is 7.85. The Bertz CT molecular complexity index is 949. The SMILES string of the molecule is Cc1ccc(C)c(-c2cc(N)c(C(=O)N(OS(C)(=O)=O)C(=N)N)o2)c1. The van der Waals surface area contributed by atoms with Crippen LogP contribution in [0, 0.1) is 19.3 Å². The molecule has 0 bridgehead atoms. The molecular formula is C15H18N4O5S. The minimum Gasteiger partial charge on any atom is -0.449 e. The quantitative estimate of drug-likeness (QED) is 0.419. The van der Waals surface area contributed by atoms with Gasteiger partial charge in [0.1, 0.15) is 5.76 Å². The standard InChI is InChI=1S/C15H18N4O5S/c1-8-4-5-9(2)10(6-8)12-7-11(16)13(23-12)14(20)19(15(17)18)24-25(3,21)22/h4-7H,16H2,1-3H3,(H3,17,18). The van der Waals surface area contributed by atoms with E-state index in [1.807, 2.05) is 32.0 Å². The number of nitrogens with one attached hydrogen (secondary N) is 1. The van der Waals surface area contributed by atoms with Crippen LogP contribution in [0.2, 0.25) is 0 Å². The minimum absolute atomic E-state index is 0.0377. The number of nitrogens with two attached hydrogens (primary N) is 2. The average Bonchev–Trinajstić information content (AvgIpc) is 2.87. The van der Waals surface area contributed by atoms with Crippen LogP contribution in [0.3, 0.4) is 0 Å². The molecule has 0 radical (unpaired) electrons. The zero-order valence-corrected chi connectivity index (χ0v) is 14.7. The molecule has 0 aliphatic carbocycles. The topological polar surface area (TPSA) is 153 Å². The van der Waals surface area contributed by atoms with Crippen LogP contribution < -0.4 is 11.5 Å². The molecule has 0 saturated carbocycles. The molecule has 2 rings (SSSR count). The van der Waals surface area contributed by atoms with Gasteiger partial charge in [0.2, 0.25) is 11.7 Å². The number of hydrogen-bond acceptors (Lipinski definition) is 7. The van der Waals surface area contributed by atoms with E-state index in [2.05, 4.69) is 4.28 Å². The van der Waals surface area contributed by atoms with Gasteiger partial charge in [0.25, 0.3) is 10.1 Å². The zero-order chi connectivity index (χ0) is 18.9. The van der Waals surface area contributed by atoms with Gasteiger partial charge in [-0.05, 0) is 25.5 Å². The number of anilines is 1. The molecule has 0 saturated heterocycles. The fraction of sp³-hybridized carbons (Fsp3) is 0.200. The summed E-state index contributed by atoms with van der Waals surface area (Å²) in [5.41, 5.74) is 13.6. The van der Waals surface area contributed by atoms with E-state index in [-0.39, 0.29) is 16.5 Å². The van der Waals surface area contributed by atoms with Crippen LogP contribution in [-0.2, 0) is 14.4 Å². The van der Waals surface area contributed by atoms with Crippen molar-refractivity contribution >= 4 is 27.7 Å². The summed E-state index contributed by atoms with van der Waals surface area (Å²) in [6.45, 7) is 3.77. The van der Waals surface area contributed by atoms with Crippen molar-refractivity contribution < 1.29 is 21.9 Å². The Morgan fingerprint density at radius 1 is 1.28 bits per heavy atom. The Morgan fingerprint density at radius 3 is 2.48 bits per heavy atom. The smallest absolute Gasteiger partial charge is 0.323 e. The normalized spacial score (nSPS) is 11.3. The summed E-state index contributed by atoms with van der Waals surface area (Å²) in [6.07, 6.45) is 0.712. The maximum Gasteiger partial charge on any atom is 0.323 e. The maximum absolute atomic E-state index is 12.4. The summed E-state index contributed by atoms with van der Waals surface area (Å²) in [4.78, 5) is 12.4. The summed E-state index contributed by atoms with van der Waals surface area (Å²) in [7, 11) is -4.09. The highest BCUT2D eigenvalue weighted by Gasteiger charge is 2.29. The van der Waals surface area contributed by atoms with E-state index in [4.69, 9.17) is 21.3 Å². The lowest BCUT2D eigenvalue weighted by Gasteiger charge is -2.16. The Hall–Kier alpha value is -2.85. The van der Waals surface area contributed by atoms with Gasteiger partial charge < -0.3 is 15.9 Å². The van der Waals surface area contributed by atoms with Gasteiger partial charge in [-0.3, -0.25) is 10.2 Å². The Morgan fingerprint density at radius 2 is 1.92 bits per heavy atom. The van der Waals surface area contributed by atoms with Gasteiger partial charge in [0.15, 0.2) is 0 Å². The number of amides is 1. The van der Waals surface area contributed by atoms with E-state index in [0.717, 1.165) is 16.7 Å². The number of benzene rings is 1. The van der Waals surface area contributed by atoms with E-state index in [1.54, 1.807) is 0 Å². The zero-order valence-electron chi connectivity index (χ0n) is 13.9. The number of carbonyl (C=O) groups excluding carboxylic acids is 1. The first-order chi connectivity index (χ1) is 11.5. The molecule has 1 aromatic heterocycles. The van der Waals surface area contributed by atoms with Crippen molar-refractivity contribution in [3.8, 4) is 11.3 Å². The van der Waals surface area contributed by atoms with Crippen LogP contribution in [0.5, 0.6) is 0 Å². The van der Waals surface area contributed by atoms with Crippen LogP contribution in [0.4, 0.5) is 5.69 Å². The summed E-state index contributed by atoms with van der Waals surface area (Å²) < 4.78 is 32.4. The molecule has 134 valence electrons. The number of carbonyl (C=O) groups is 1. The lowest BCUT2D eigenvalue weighted by molar-refractivity contribution is 0.0175. The second-order valence-corrected chi connectivity index (χ2v) is 7.03. The van der Waals surface area contributed by atoms with Gasteiger partial charge in [-0.1, -0.05) is 17.7 Å². The van der Waals surface area contributed by atoms with E-state index in [9.17, 15) is 13.2 Å². The number of hydrogen-bond donors (Lipinski definition) is 3. The Kier molecular flexibility index (Phi) is 4.86. The van der Waals surface area contributed by atoms with Gasteiger partial charge in [-0.2, -0.15) is 8.42 Å². The van der Waals surface area contributed by atoms with Crippen molar-refractivity contribution in [1.29, 1.82) is 5.41 Å². The highest BCUT2D eigenvalue weighted by Crippen LogP contribution is 2.31. The van der Waals surface area contributed by atoms with Gasteiger partial charge >= 0.3 is 5.91 Å². The molecule has 0 fully saturated rings. The van der Waals surface area contributed by atoms with Crippen LogP contribution >= 0.6 is 0 Å². The second kappa shape index (κ2) is 6.57. The number of nitrogens with zero attached hydrogens (tertiary/aromatic N) is 1. The third kappa shape index (κ3) is 4.17.